The van der Waals surface area contributed by atoms with E-state index in [-0.39, 0.29) is 31.1 Å². The summed E-state index contributed by atoms with van der Waals surface area (Å²) < 4.78 is 16.7. The minimum absolute atomic E-state index is 0.0884. The number of allylic oxidation sites excluding steroid dienone is 12. The van der Waals surface area contributed by atoms with Crippen LogP contribution in [0.25, 0.3) is 0 Å². The van der Waals surface area contributed by atoms with E-state index in [1.54, 1.807) is 0 Å². The van der Waals surface area contributed by atoms with Crippen LogP contribution in [-0.2, 0) is 28.6 Å². The van der Waals surface area contributed by atoms with E-state index in [4.69, 9.17) is 14.2 Å². The molecule has 0 aliphatic heterocycles. The molecule has 0 fully saturated rings. The average Bonchev–Trinajstić information content (AvgIpc) is 3.23. The first-order valence-corrected chi connectivity index (χ1v) is 24.4. The smallest absolute Gasteiger partial charge is 0.306 e. The normalized spacial score (nSPS) is 12.7. The molecule has 1 atom stereocenters. The van der Waals surface area contributed by atoms with Crippen molar-refractivity contribution in [2.45, 2.75) is 232 Å². The molecule has 0 heterocycles. The average molecular weight is 823 g/mol. The lowest BCUT2D eigenvalue weighted by atomic mass is 10.1. The van der Waals surface area contributed by atoms with E-state index in [2.05, 4.69) is 93.7 Å². The van der Waals surface area contributed by atoms with Gasteiger partial charge in [-0.2, -0.15) is 0 Å². The highest BCUT2D eigenvalue weighted by molar-refractivity contribution is 5.71. The van der Waals surface area contributed by atoms with Crippen molar-refractivity contribution in [2.75, 3.05) is 13.2 Å². The first-order chi connectivity index (χ1) is 29.0. The molecule has 0 aromatic heterocycles. The van der Waals surface area contributed by atoms with Gasteiger partial charge in [-0.15, -0.1) is 0 Å². The van der Waals surface area contributed by atoms with Crippen molar-refractivity contribution in [3.63, 3.8) is 0 Å². The van der Waals surface area contributed by atoms with Crippen molar-refractivity contribution in [1.29, 1.82) is 0 Å². The Kier molecular flexibility index (Phi) is 45.0. The van der Waals surface area contributed by atoms with Gasteiger partial charge in [-0.3, -0.25) is 14.4 Å². The number of esters is 3. The molecule has 0 saturated carbocycles. The summed E-state index contributed by atoms with van der Waals surface area (Å²) in [5.41, 5.74) is 0. The monoisotopic (exact) mass is 823 g/mol. The topological polar surface area (TPSA) is 78.9 Å². The van der Waals surface area contributed by atoms with Crippen LogP contribution in [0.4, 0.5) is 0 Å². The molecule has 0 spiro atoms. The first kappa shape index (κ1) is 55.9. The summed E-state index contributed by atoms with van der Waals surface area (Å²) in [5, 5.41) is 0. The van der Waals surface area contributed by atoms with Crippen LogP contribution in [0, 0.1) is 0 Å². The maximum atomic E-state index is 12.7. The standard InChI is InChI=1S/C53H90O6/c1-4-7-10-13-16-19-22-23-24-25-26-27-28-29-32-34-37-40-43-46-52(55)58-49-50(59-53(56)47-44-41-38-35-31-21-18-15-12-9-6-3)48-57-51(54)45-42-39-36-33-30-20-17-14-11-8-5-2/h7,10,15-16,18-19,23-24,26-27,29,32,50H,4-6,8-9,11-14,17,20-22,25,28,30-31,33-49H2,1-3H3/b10-7-,18-15-,19-16-,24-23-,27-26-,32-29-/t50-/m1/s1. The molecule has 6 heteroatoms. The van der Waals surface area contributed by atoms with Crippen LogP contribution in [0.3, 0.4) is 0 Å². The van der Waals surface area contributed by atoms with Crippen LogP contribution in [0.1, 0.15) is 226 Å². The van der Waals surface area contributed by atoms with E-state index in [0.717, 1.165) is 109 Å². The van der Waals surface area contributed by atoms with Crippen LogP contribution in [0.2, 0.25) is 0 Å². The minimum atomic E-state index is -0.789. The van der Waals surface area contributed by atoms with Crippen molar-refractivity contribution in [2.24, 2.45) is 0 Å². The molecule has 0 radical (unpaired) electrons. The second kappa shape index (κ2) is 47.5. The van der Waals surface area contributed by atoms with Crippen molar-refractivity contribution in [3.05, 3.63) is 72.9 Å². The number of ether oxygens (including phenoxy) is 3. The van der Waals surface area contributed by atoms with E-state index in [1.807, 2.05) is 0 Å². The summed E-state index contributed by atoms with van der Waals surface area (Å²) >= 11 is 0. The van der Waals surface area contributed by atoms with Crippen molar-refractivity contribution < 1.29 is 28.6 Å². The van der Waals surface area contributed by atoms with E-state index in [1.165, 1.54) is 77.0 Å². The highest BCUT2D eigenvalue weighted by Gasteiger charge is 2.19. The van der Waals surface area contributed by atoms with Crippen LogP contribution >= 0.6 is 0 Å². The molecule has 0 aromatic carbocycles. The lowest BCUT2D eigenvalue weighted by Crippen LogP contribution is -2.30. The van der Waals surface area contributed by atoms with Gasteiger partial charge in [0, 0.05) is 19.3 Å². The van der Waals surface area contributed by atoms with Crippen molar-refractivity contribution in [3.8, 4) is 0 Å². The Morgan fingerprint density at radius 2 is 0.678 bits per heavy atom. The maximum Gasteiger partial charge on any atom is 0.306 e. The van der Waals surface area contributed by atoms with Crippen LogP contribution in [0.15, 0.2) is 72.9 Å². The van der Waals surface area contributed by atoms with Gasteiger partial charge in [0.1, 0.15) is 13.2 Å². The van der Waals surface area contributed by atoms with Gasteiger partial charge in [-0.25, -0.2) is 0 Å². The number of hydrogen-bond acceptors (Lipinski definition) is 6. The third kappa shape index (κ3) is 45.8. The second-order valence-electron chi connectivity index (χ2n) is 16.0. The lowest BCUT2D eigenvalue weighted by molar-refractivity contribution is -0.167. The number of carbonyl (C=O) groups is 3. The van der Waals surface area contributed by atoms with Crippen molar-refractivity contribution in [1.82, 2.24) is 0 Å². The molecule has 59 heavy (non-hydrogen) atoms. The summed E-state index contributed by atoms with van der Waals surface area (Å²) in [4.78, 5) is 37.8. The van der Waals surface area contributed by atoms with E-state index in [9.17, 15) is 14.4 Å². The molecule has 0 unspecified atom stereocenters. The van der Waals surface area contributed by atoms with Gasteiger partial charge in [0.2, 0.25) is 0 Å². The summed E-state index contributed by atoms with van der Waals surface area (Å²) in [7, 11) is 0. The fourth-order valence-electron chi connectivity index (χ4n) is 6.51. The minimum Gasteiger partial charge on any atom is -0.462 e. The van der Waals surface area contributed by atoms with Crippen LogP contribution in [0.5, 0.6) is 0 Å². The Labute approximate surface area is 363 Å². The Morgan fingerprint density at radius 1 is 0.356 bits per heavy atom. The molecule has 6 nitrogen and oxygen atoms in total. The molecule has 0 rings (SSSR count). The third-order valence-corrected chi connectivity index (χ3v) is 10.2. The van der Waals surface area contributed by atoms with Crippen LogP contribution < -0.4 is 0 Å². The molecule has 338 valence electrons. The van der Waals surface area contributed by atoms with E-state index in [0.29, 0.717) is 19.3 Å². The summed E-state index contributed by atoms with van der Waals surface area (Å²) in [6, 6.07) is 0. The largest absolute Gasteiger partial charge is 0.462 e. The molecule has 0 N–H and O–H groups in total. The number of unbranched alkanes of at least 4 members (excludes halogenated alkanes) is 20. The lowest BCUT2D eigenvalue weighted by Gasteiger charge is -2.18. The molecule has 0 saturated heterocycles. The van der Waals surface area contributed by atoms with Gasteiger partial charge >= 0.3 is 17.9 Å². The van der Waals surface area contributed by atoms with Crippen molar-refractivity contribution >= 4 is 17.9 Å². The quantitative estimate of drug-likeness (QED) is 0.0264. The zero-order valence-electron chi connectivity index (χ0n) is 38.5. The summed E-state index contributed by atoms with van der Waals surface area (Å²) in [5.74, 6) is -0.934. The summed E-state index contributed by atoms with van der Waals surface area (Å²) in [6.45, 7) is 6.43. The van der Waals surface area contributed by atoms with Gasteiger partial charge in [0.25, 0.3) is 0 Å². The molecule has 0 aliphatic rings. The number of carbonyl (C=O) groups excluding carboxylic acids is 3. The number of hydrogen-bond donors (Lipinski definition) is 0. The predicted octanol–water partition coefficient (Wildman–Crippen LogP) is 15.9. The molecule has 0 bridgehead atoms. The predicted molar refractivity (Wildman–Crippen MR) is 251 cm³/mol. The Hall–Kier alpha value is -3.15. The fourth-order valence-corrected chi connectivity index (χ4v) is 6.51. The van der Waals surface area contributed by atoms with Crippen LogP contribution in [-0.4, -0.2) is 37.2 Å². The molecular formula is C53H90O6. The SMILES string of the molecule is CC/C=C\C/C=C\C/C=C\C/C=C\C/C=C\CCCCCC(=O)OC[C@@H](COC(=O)CCCCCCCCCCCCC)OC(=O)CCCCCCC/C=C\CCCC. The second-order valence-corrected chi connectivity index (χ2v) is 16.0. The number of rotatable bonds is 43. The Morgan fingerprint density at radius 3 is 1.12 bits per heavy atom. The Bertz CT molecular complexity index is 1130. The summed E-state index contributed by atoms with van der Waals surface area (Å²) in [6.07, 6.45) is 58.8. The zero-order valence-corrected chi connectivity index (χ0v) is 38.5. The third-order valence-electron chi connectivity index (χ3n) is 10.2. The fraction of sp³-hybridized carbons (Fsp3) is 0.717. The van der Waals surface area contributed by atoms with Gasteiger partial charge in [-0.05, 0) is 83.5 Å². The van der Waals surface area contributed by atoms with Gasteiger partial charge in [0.05, 0.1) is 0 Å². The van der Waals surface area contributed by atoms with E-state index >= 15 is 0 Å². The van der Waals surface area contributed by atoms with E-state index < -0.39 is 6.10 Å². The molecule has 0 aliphatic carbocycles. The maximum absolute atomic E-state index is 12.7. The van der Waals surface area contributed by atoms with Gasteiger partial charge < -0.3 is 14.2 Å². The molecule has 0 amide bonds. The Balaban J connectivity index is 4.41. The first-order valence-electron chi connectivity index (χ1n) is 24.4. The zero-order chi connectivity index (χ0) is 43.0. The highest BCUT2D eigenvalue weighted by Crippen LogP contribution is 2.14. The van der Waals surface area contributed by atoms with Gasteiger partial charge in [0.15, 0.2) is 6.10 Å². The van der Waals surface area contributed by atoms with Gasteiger partial charge in [-0.1, -0.05) is 196 Å². The molecular weight excluding hydrogens is 733 g/mol. The molecule has 0 aromatic rings. The highest BCUT2D eigenvalue weighted by atomic mass is 16.6.